The first kappa shape index (κ1) is 25.1. The summed E-state index contributed by atoms with van der Waals surface area (Å²) in [5.41, 5.74) is 0. The molecule has 1 aromatic carbocycles. The van der Waals surface area contributed by atoms with Crippen molar-refractivity contribution in [2.45, 2.75) is 46.6 Å². The number of halogens is 13. The van der Waals surface area contributed by atoms with E-state index < -0.39 is 67.8 Å². The Kier molecular flexibility index (Phi) is 6.95. The molecule has 28 heavy (non-hydrogen) atoms. The zero-order valence-electron chi connectivity index (χ0n) is 13.2. The zero-order valence-corrected chi connectivity index (χ0v) is 16.1. The van der Waals surface area contributed by atoms with Crippen molar-refractivity contribution in [3.05, 3.63) is 30.3 Å². The Morgan fingerprint density at radius 1 is 0.571 bits per heavy atom. The number of hydrogen-bond acceptors (Lipinski definition) is 0. The monoisotopic (exact) mass is 544 g/mol. The first-order chi connectivity index (χ1) is 12.3. The molecule has 14 heteroatoms. The van der Waals surface area contributed by atoms with Crippen LogP contribution in [0.2, 0.25) is 4.44 Å². The van der Waals surface area contributed by atoms with E-state index in [4.69, 9.17) is 0 Å². The normalized spacial score (nSPS) is 15.0. The van der Waals surface area contributed by atoms with Gasteiger partial charge in [0.05, 0.1) is 0 Å². The van der Waals surface area contributed by atoms with Gasteiger partial charge in [0, 0.05) is 0 Å². The van der Waals surface area contributed by atoms with Gasteiger partial charge in [0.1, 0.15) is 0 Å². The minimum atomic E-state index is -7.83. The molecule has 0 aromatic heterocycles. The second kappa shape index (κ2) is 7.74. The molecule has 0 aliphatic carbocycles. The summed E-state index contributed by atoms with van der Waals surface area (Å²) in [5, 5.41) is 0. The second-order valence-corrected chi connectivity index (χ2v) is 9.63. The van der Waals surface area contributed by atoms with Gasteiger partial charge < -0.3 is 0 Å². The molecule has 0 N–H and O–H groups in total. The Labute approximate surface area is 159 Å². The van der Waals surface area contributed by atoms with Gasteiger partial charge in [-0.1, -0.05) is 0 Å². The fraction of sp³-hybridized carbons (Fsp3) is 0.571. The van der Waals surface area contributed by atoms with E-state index >= 15 is 0 Å². The third-order valence-electron chi connectivity index (χ3n) is 3.54. The van der Waals surface area contributed by atoms with Gasteiger partial charge in [-0.2, -0.15) is 0 Å². The van der Waals surface area contributed by atoms with Crippen LogP contribution >= 0.6 is 0 Å². The minimum absolute atomic E-state index is 0.450. The maximum absolute atomic E-state index is 13.6. The molecule has 0 saturated heterocycles. The third kappa shape index (κ3) is 4.18. The van der Waals surface area contributed by atoms with Crippen LogP contribution < -0.4 is 3.58 Å². The molecule has 0 atom stereocenters. The molecule has 0 bridgehead atoms. The van der Waals surface area contributed by atoms with Crippen molar-refractivity contribution in [3.8, 4) is 0 Å². The topological polar surface area (TPSA) is 0 Å². The van der Waals surface area contributed by atoms with Gasteiger partial charge in [-0.05, 0) is 0 Å². The first-order valence-corrected chi connectivity index (χ1v) is 10.5. The summed E-state index contributed by atoms with van der Waals surface area (Å²) in [6, 6.07) is 7.26. The number of rotatable bonds is 8. The van der Waals surface area contributed by atoms with Crippen LogP contribution in [0.15, 0.2) is 30.3 Å². The van der Waals surface area contributed by atoms with Gasteiger partial charge in [0.15, 0.2) is 0 Å². The fourth-order valence-electron chi connectivity index (χ4n) is 1.88. The van der Waals surface area contributed by atoms with Crippen LogP contribution in [0.25, 0.3) is 0 Å². The van der Waals surface area contributed by atoms with Crippen LogP contribution in [0.5, 0.6) is 0 Å². The van der Waals surface area contributed by atoms with Crippen LogP contribution in [0.4, 0.5) is 57.1 Å². The second-order valence-electron chi connectivity index (χ2n) is 5.54. The summed E-state index contributed by atoms with van der Waals surface area (Å²) in [6.45, 7) is 0. The Balaban J connectivity index is 3.11. The third-order valence-corrected chi connectivity index (χ3v) is 7.08. The van der Waals surface area contributed by atoms with Crippen molar-refractivity contribution in [1.82, 2.24) is 0 Å². The van der Waals surface area contributed by atoms with Crippen molar-refractivity contribution in [1.29, 1.82) is 0 Å². The van der Waals surface area contributed by atoms with Crippen molar-refractivity contribution < 1.29 is 57.1 Å². The predicted molar refractivity (Wildman–Crippen MR) is 72.0 cm³/mol. The van der Waals surface area contributed by atoms with Crippen molar-refractivity contribution in [2.75, 3.05) is 0 Å². The van der Waals surface area contributed by atoms with E-state index in [1.165, 1.54) is 30.3 Å². The zero-order chi connectivity index (χ0) is 22.2. The number of hydrogen-bond donors (Lipinski definition) is 0. The van der Waals surface area contributed by atoms with Crippen molar-refractivity contribution in [3.63, 3.8) is 0 Å². The molecule has 0 aliphatic rings. The van der Waals surface area contributed by atoms with E-state index in [2.05, 4.69) is 0 Å². The van der Waals surface area contributed by atoms with Gasteiger partial charge in [-0.3, -0.25) is 0 Å². The Hall–Kier alpha value is -0.891. The molecular weight excluding hydrogens is 534 g/mol. The van der Waals surface area contributed by atoms with E-state index in [1.807, 2.05) is 0 Å². The molecular formula is C14H9F13Sn. The molecule has 0 spiro atoms. The standard InChI is InChI=1S/C8H4F13.C6H5.Sn/c1-2-3(9,10)4(11,12)5(13,14)6(15,16)7(17,18)8(19,20)21;1-2-4-6-5-3-1;/h1-2H2;1-5H;. The van der Waals surface area contributed by atoms with Crippen LogP contribution in [-0.4, -0.2) is 56.9 Å². The molecule has 2 radical (unpaired) electrons. The van der Waals surface area contributed by atoms with Crippen LogP contribution in [0.3, 0.4) is 0 Å². The van der Waals surface area contributed by atoms with E-state index in [1.54, 1.807) is 0 Å². The Morgan fingerprint density at radius 2 is 1.00 bits per heavy atom. The number of benzene rings is 1. The molecule has 0 unspecified atom stereocenters. The van der Waals surface area contributed by atoms with Gasteiger partial charge in [-0.25, -0.2) is 0 Å². The first-order valence-electron chi connectivity index (χ1n) is 7.07. The molecule has 0 aliphatic heterocycles. The molecule has 0 amide bonds. The summed E-state index contributed by atoms with van der Waals surface area (Å²) < 4.78 is 168. The van der Waals surface area contributed by atoms with Gasteiger partial charge >= 0.3 is 159 Å². The summed E-state index contributed by atoms with van der Waals surface area (Å²) in [7, 11) is 0. The Morgan fingerprint density at radius 3 is 1.43 bits per heavy atom. The molecule has 0 fully saturated rings. The van der Waals surface area contributed by atoms with E-state index in [0.29, 0.717) is 3.58 Å². The summed E-state index contributed by atoms with van der Waals surface area (Å²) >= 11 is -2.05. The summed E-state index contributed by atoms with van der Waals surface area (Å²) in [5.74, 6) is -36.3. The quantitative estimate of drug-likeness (QED) is 0.298. The average molecular weight is 543 g/mol. The molecule has 0 saturated carbocycles. The van der Waals surface area contributed by atoms with E-state index in [9.17, 15) is 57.1 Å². The van der Waals surface area contributed by atoms with E-state index in [0.717, 1.165) is 0 Å². The van der Waals surface area contributed by atoms with Crippen LogP contribution in [-0.2, 0) is 0 Å². The fourth-order valence-corrected chi connectivity index (χ4v) is 5.18. The molecule has 0 nitrogen and oxygen atoms in total. The maximum atomic E-state index is 13.6. The molecule has 1 rings (SSSR count). The summed E-state index contributed by atoms with van der Waals surface area (Å²) in [6.07, 6.45) is -9.47. The van der Waals surface area contributed by atoms with Gasteiger partial charge in [0.2, 0.25) is 0 Å². The molecule has 160 valence electrons. The van der Waals surface area contributed by atoms with E-state index in [-0.39, 0.29) is 0 Å². The average Bonchev–Trinajstić information content (AvgIpc) is 2.53. The summed E-state index contributed by atoms with van der Waals surface area (Å²) in [4.78, 5) is 0. The van der Waals surface area contributed by atoms with Gasteiger partial charge in [-0.15, -0.1) is 0 Å². The van der Waals surface area contributed by atoms with Crippen molar-refractivity contribution >= 4 is 24.7 Å². The van der Waals surface area contributed by atoms with Crippen molar-refractivity contribution in [2.24, 2.45) is 0 Å². The van der Waals surface area contributed by atoms with Gasteiger partial charge in [0.25, 0.3) is 0 Å². The molecule has 0 heterocycles. The van der Waals surface area contributed by atoms with Crippen LogP contribution in [0, 0.1) is 0 Å². The Bertz CT molecular complexity index is 651. The predicted octanol–water partition coefficient (Wildman–Crippen LogP) is 5.56. The SMILES string of the molecule is FC(F)(F)C(F)(F)C(F)(F)C(F)(F)C(F)(F)C(F)(F)C[CH2][Sn][c]1ccccc1. The number of alkyl halides is 13. The van der Waals surface area contributed by atoms with Crippen LogP contribution in [0.1, 0.15) is 6.42 Å². The molecule has 1 aromatic rings.